The van der Waals surface area contributed by atoms with Crippen LogP contribution in [-0.2, 0) is 22.7 Å². The number of hydrogen-bond donors (Lipinski definition) is 1. The van der Waals surface area contributed by atoms with E-state index in [1.165, 1.54) is 0 Å². The summed E-state index contributed by atoms with van der Waals surface area (Å²) in [6.45, 7) is 0.888. The van der Waals surface area contributed by atoms with E-state index < -0.39 is 11.9 Å². The molecule has 1 heterocycles. The Morgan fingerprint density at radius 2 is 1.81 bits per heavy atom. The number of carbonyl (C=O) groups is 2. The van der Waals surface area contributed by atoms with Gasteiger partial charge in [0.1, 0.15) is 12.4 Å². The molecule has 3 rings (SSSR count). The summed E-state index contributed by atoms with van der Waals surface area (Å²) in [6, 6.07) is 12.6. The molecule has 1 saturated heterocycles. The highest BCUT2D eigenvalue weighted by Crippen LogP contribution is 2.26. The van der Waals surface area contributed by atoms with Crippen molar-refractivity contribution in [2.45, 2.75) is 19.6 Å². The van der Waals surface area contributed by atoms with Crippen LogP contribution in [0.2, 0.25) is 10.0 Å². The fraction of sp³-hybridized carbons (Fsp3) is 0.263. The number of nitrogens with zero attached hydrogens (tertiary/aromatic N) is 1. The van der Waals surface area contributed by atoms with Gasteiger partial charge in [0.2, 0.25) is 5.91 Å². The molecule has 0 aliphatic carbocycles. The lowest BCUT2D eigenvalue weighted by molar-refractivity contribution is -0.141. The highest BCUT2D eigenvalue weighted by atomic mass is 35.5. The molecule has 26 heavy (non-hydrogen) atoms. The molecular weight excluding hydrogens is 377 g/mol. The van der Waals surface area contributed by atoms with Crippen LogP contribution in [0, 0.1) is 5.92 Å². The predicted molar refractivity (Wildman–Crippen MR) is 98.4 cm³/mol. The van der Waals surface area contributed by atoms with Gasteiger partial charge in [0.15, 0.2) is 0 Å². The van der Waals surface area contributed by atoms with Crippen LogP contribution >= 0.6 is 23.2 Å². The van der Waals surface area contributed by atoms with Crippen molar-refractivity contribution in [2.75, 3.05) is 6.54 Å². The first-order chi connectivity index (χ1) is 12.4. The molecule has 1 N–H and O–H groups in total. The van der Waals surface area contributed by atoms with Crippen molar-refractivity contribution in [3.63, 3.8) is 0 Å². The van der Waals surface area contributed by atoms with E-state index in [1.807, 2.05) is 12.1 Å². The lowest BCUT2D eigenvalue weighted by Gasteiger charge is -2.16. The zero-order valence-corrected chi connectivity index (χ0v) is 15.3. The molecule has 2 aromatic rings. The number of hydrogen-bond acceptors (Lipinski definition) is 3. The molecule has 5 nitrogen and oxygen atoms in total. The van der Waals surface area contributed by atoms with Gasteiger partial charge in [0, 0.05) is 35.1 Å². The minimum absolute atomic E-state index is 0.0646. The Kier molecular flexibility index (Phi) is 5.69. The Labute approximate surface area is 161 Å². The van der Waals surface area contributed by atoms with Gasteiger partial charge in [0.25, 0.3) is 0 Å². The van der Waals surface area contributed by atoms with E-state index in [1.54, 1.807) is 35.2 Å². The van der Waals surface area contributed by atoms with Gasteiger partial charge in [0.05, 0.1) is 5.92 Å². The van der Waals surface area contributed by atoms with Gasteiger partial charge in [-0.05, 0) is 29.8 Å². The molecule has 0 saturated carbocycles. The van der Waals surface area contributed by atoms with E-state index in [0.717, 1.165) is 11.1 Å². The van der Waals surface area contributed by atoms with E-state index in [-0.39, 0.29) is 25.5 Å². The van der Waals surface area contributed by atoms with Gasteiger partial charge in [-0.2, -0.15) is 0 Å². The molecule has 0 aromatic heterocycles. The maximum absolute atomic E-state index is 11.9. The van der Waals surface area contributed by atoms with Crippen LogP contribution in [0.5, 0.6) is 5.75 Å². The minimum atomic E-state index is -0.928. The molecule has 136 valence electrons. The quantitative estimate of drug-likeness (QED) is 0.804. The van der Waals surface area contributed by atoms with Crippen LogP contribution in [0.4, 0.5) is 0 Å². The number of likely N-dealkylation sites (tertiary alicyclic amines) is 1. The summed E-state index contributed by atoms with van der Waals surface area (Å²) in [6.07, 6.45) is 0.0646. The number of carboxylic acids is 1. The third-order valence-electron chi connectivity index (χ3n) is 4.31. The van der Waals surface area contributed by atoms with Crippen molar-refractivity contribution in [1.82, 2.24) is 4.90 Å². The fourth-order valence-corrected chi connectivity index (χ4v) is 3.33. The number of halogens is 2. The number of amides is 1. The smallest absolute Gasteiger partial charge is 0.308 e. The zero-order valence-electron chi connectivity index (χ0n) is 13.8. The SMILES string of the molecule is O=C(O)C1CC(=O)N(Cc2ccc(OCc3c(Cl)cccc3Cl)cc2)C1. The minimum Gasteiger partial charge on any atom is -0.489 e. The summed E-state index contributed by atoms with van der Waals surface area (Å²) in [5.74, 6) is -1.03. The summed E-state index contributed by atoms with van der Waals surface area (Å²) in [4.78, 5) is 24.5. The summed E-state index contributed by atoms with van der Waals surface area (Å²) in [7, 11) is 0. The van der Waals surface area contributed by atoms with Crippen molar-refractivity contribution in [2.24, 2.45) is 5.92 Å². The van der Waals surface area contributed by atoms with Crippen LogP contribution in [0.1, 0.15) is 17.5 Å². The Bertz CT molecular complexity index is 803. The Morgan fingerprint density at radius 3 is 2.38 bits per heavy atom. The monoisotopic (exact) mass is 393 g/mol. The van der Waals surface area contributed by atoms with Crippen molar-refractivity contribution in [3.8, 4) is 5.75 Å². The molecule has 1 aliphatic heterocycles. The summed E-state index contributed by atoms with van der Waals surface area (Å²) >= 11 is 12.2. The topological polar surface area (TPSA) is 66.8 Å². The second-order valence-electron chi connectivity index (χ2n) is 6.15. The highest BCUT2D eigenvalue weighted by Gasteiger charge is 2.33. The van der Waals surface area contributed by atoms with Crippen LogP contribution in [0.15, 0.2) is 42.5 Å². The normalized spacial score (nSPS) is 16.8. The lowest BCUT2D eigenvalue weighted by Crippen LogP contribution is -2.25. The summed E-state index contributed by atoms with van der Waals surface area (Å²) in [5, 5.41) is 10.1. The molecule has 1 amide bonds. The van der Waals surface area contributed by atoms with E-state index in [0.29, 0.717) is 22.3 Å². The van der Waals surface area contributed by atoms with Gasteiger partial charge in [-0.15, -0.1) is 0 Å². The number of rotatable bonds is 6. The van der Waals surface area contributed by atoms with E-state index in [2.05, 4.69) is 0 Å². The second-order valence-corrected chi connectivity index (χ2v) is 6.96. The van der Waals surface area contributed by atoms with Gasteiger partial charge in [-0.3, -0.25) is 9.59 Å². The molecule has 0 bridgehead atoms. The molecule has 1 aliphatic rings. The molecule has 1 atom stereocenters. The first kappa shape index (κ1) is 18.5. The molecule has 0 spiro atoms. The van der Waals surface area contributed by atoms with Gasteiger partial charge >= 0.3 is 5.97 Å². The molecule has 2 aromatic carbocycles. The summed E-state index contributed by atoms with van der Waals surface area (Å²) < 4.78 is 5.72. The van der Waals surface area contributed by atoms with E-state index in [9.17, 15) is 9.59 Å². The van der Waals surface area contributed by atoms with Crippen molar-refractivity contribution in [3.05, 3.63) is 63.6 Å². The maximum atomic E-state index is 11.9. The van der Waals surface area contributed by atoms with E-state index >= 15 is 0 Å². The van der Waals surface area contributed by atoms with Gasteiger partial charge < -0.3 is 14.7 Å². The highest BCUT2D eigenvalue weighted by molar-refractivity contribution is 6.35. The number of aliphatic carboxylic acids is 1. The summed E-state index contributed by atoms with van der Waals surface area (Å²) in [5.41, 5.74) is 1.63. The number of benzene rings is 2. The number of ether oxygens (including phenoxy) is 1. The third-order valence-corrected chi connectivity index (χ3v) is 5.01. The molecule has 1 fully saturated rings. The molecule has 0 radical (unpaired) electrons. The molecule has 7 heteroatoms. The predicted octanol–water partition coefficient (Wildman–Crippen LogP) is 4.01. The average Bonchev–Trinajstić information content (AvgIpc) is 2.97. The van der Waals surface area contributed by atoms with Crippen molar-refractivity contribution < 1.29 is 19.4 Å². The van der Waals surface area contributed by atoms with Crippen molar-refractivity contribution in [1.29, 1.82) is 0 Å². The fourth-order valence-electron chi connectivity index (χ4n) is 2.83. The first-order valence-corrected chi connectivity index (χ1v) is 8.85. The largest absolute Gasteiger partial charge is 0.489 e. The van der Waals surface area contributed by atoms with Gasteiger partial charge in [-0.1, -0.05) is 41.4 Å². The Morgan fingerprint density at radius 1 is 1.15 bits per heavy atom. The molecular formula is C19H17Cl2NO4. The maximum Gasteiger partial charge on any atom is 0.308 e. The number of carboxylic acid groups (broad SMARTS) is 1. The zero-order chi connectivity index (χ0) is 18.7. The number of carbonyl (C=O) groups excluding carboxylic acids is 1. The Hall–Kier alpha value is -2.24. The van der Waals surface area contributed by atoms with Gasteiger partial charge in [-0.25, -0.2) is 0 Å². The Balaban J connectivity index is 1.59. The molecule has 1 unspecified atom stereocenters. The van der Waals surface area contributed by atoms with Crippen molar-refractivity contribution >= 4 is 35.1 Å². The van der Waals surface area contributed by atoms with Crippen LogP contribution in [0.25, 0.3) is 0 Å². The standard InChI is InChI=1S/C19H17Cl2NO4/c20-16-2-1-3-17(21)15(16)11-26-14-6-4-12(5-7-14)9-22-10-13(19(24)25)8-18(22)23/h1-7,13H,8-11H2,(H,24,25). The van der Waals surface area contributed by atoms with Crippen LogP contribution in [0.3, 0.4) is 0 Å². The second kappa shape index (κ2) is 7.98. The lowest BCUT2D eigenvalue weighted by atomic mass is 10.1. The van der Waals surface area contributed by atoms with E-state index in [4.69, 9.17) is 33.0 Å². The first-order valence-electron chi connectivity index (χ1n) is 8.09. The van der Waals surface area contributed by atoms with Crippen LogP contribution < -0.4 is 4.74 Å². The average molecular weight is 394 g/mol. The third kappa shape index (κ3) is 4.29. The van der Waals surface area contributed by atoms with Crippen LogP contribution in [-0.4, -0.2) is 28.4 Å².